The molecule has 33 heavy (non-hydrogen) atoms. The lowest BCUT2D eigenvalue weighted by Gasteiger charge is -2.32. The van der Waals surface area contributed by atoms with Gasteiger partial charge >= 0.3 is 5.63 Å². The maximum Gasteiger partial charge on any atom is 0.339 e. The van der Waals surface area contributed by atoms with E-state index in [2.05, 4.69) is 34.5 Å². The second kappa shape index (κ2) is 9.40. The maximum atomic E-state index is 12.6. The first-order chi connectivity index (χ1) is 16.1. The van der Waals surface area contributed by atoms with Crippen molar-refractivity contribution in [2.45, 2.75) is 51.6 Å². The van der Waals surface area contributed by atoms with Crippen LogP contribution in [0.3, 0.4) is 0 Å². The van der Waals surface area contributed by atoms with E-state index in [1.54, 1.807) is 0 Å². The summed E-state index contributed by atoms with van der Waals surface area (Å²) in [6.45, 7) is 4.77. The predicted octanol–water partition coefficient (Wildman–Crippen LogP) is 3.75. The fourth-order valence-corrected chi connectivity index (χ4v) is 5.11. The Bertz CT molecular complexity index is 1210. The molecule has 2 aliphatic rings. The molecule has 0 saturated carbocycles. The first kappa shape index (κ1) is 21.7. The first-order valence-corrected chi connectivity index (χ1v) is 11.8. The number of nitrogens with zero attached hydrogens (tertiary/aromatic N) is 1. The van der Waals surface area contributed by atoms with Gasteiger partial charge in [-0.1, -0.05) is 30.3 Å². The molecule has 1 aliphatic heterocycles. The second-order valence-electron chi connectivity index (χ2n) is 9.23. The Kier molecular flexibility index (Phi) is 6.18. The number of carbonyl (C=O) groups excluding carboxylic acids is 1. The number of carbonyl (C=O) groups is 1. The van der Waals surface area contributed by atoms with Crippen molar-refractivity contribution >= 4 is 16.9 Å². The number of benzene rings is 2. The van der Waals surface area contributed by atoms with Crippen LogP contribution in [0.2, 0.25) is 0 Å². The monoisotopic (exact) mass is 446 g/mol. The summed E-state index contributed by atoms with van der Waals surface area (Å²) in [6.07, 6.45) is 4.39. The van der Waals surface area contributed by atoms with Crippen LogP contribution in [0.15, 0.2) is 51.7 Å². The Morgan fingerprint density at radius 1 is 1.12 bits per heavy atom. The molecule has 0 atom stereocenters. The van der Waals surface area contributed by atoms with Crippen molar-refractivity contribution in [2.24, 2.45) is 0 Å². The highest BCUT2D eigenvalue weighted by Gasteiger charge is 2.24. The zero-order chi connectivity index (χ0) is 22.8. The average Bonchev–Trinajstić information content (AvgIpc) is 3.30. The zero-order valence-electron chi connectivity index (χ0n) is 19.1. The van der Waals surface area contributed by atoms with Crippen LogP contribution in [-0.4, -0.2) is 36.5 Å². The van der Waals surface area contributed by atoms with Crippen LogP contribution in [-0.2, 0) is 24.2 Å². The van der Waals surface area contributed by atoms with Crippen LogP contribution in [0.5, 0.6) is 5.75 Å². The molecule has 1 aromatic heterocycles. The van der Waals surface area contributed by atoms with Gasteiger partial charge in [0.1, 0.15) is 11.3 Å². The summed E-state index contributed by atoms with van der Waals surface area (Å²) >= 11 is 0. The number of amides is 1. The molecule has 3 aromatic rings. The summed E-state index contributed by atoms with van der Waals surface area (Å²) in [5.41, 5.74) is 4.32. The normalized spacial score (nSPS) is 16.6. The largest absolute Gasteiger partial charge is 0.483 e. The van der Waals surface area contributed by atoms with Crippen molar-refractivity contribution in [3.63, 3.8) is 0 Å². The van der Waals surface area contributed by atoms with Gasteiger partial charge in [-0.2, -0.15) is 0 Å². The molecular formula is C27H30N2O4. The standard InChI is InChI=1S/C27H30N2O4/c1-18-14-23(26-21-8-5-9-22(21)27(31)33-24(26)15-18)32-17-25(30)28-20-10-12-29(13-11-20)16-19-6-3-2-4-7-19/h2-4,6-7,14-15,20H,5,8-13,16-17H2,1H3,(H,28,30). The van der Waals surface area contributed by atoms with E-state index in [0.29, 0.717) is 11.3 Å². The molecular weight excluding hydrogens is 416 g/mol. The summed E-state index contributed by atoms with van der Waals surface area (Å²) in [4.78, 5) is 27.4. The predicted molar refractivity (Wildman–Crippen MR) is 128 cm³/mol. The SMILES string of the molecule is Cc1cc(OCC(=O)NC2CCN(Cc3ccccc3)CC2)c2c3c(c(=O)oc2c1)CCC3. The number of aryl methyl sites for hydroxylation is 2. The van der Waals surface area contributed by atoms with Crippen LogP contribution >= 0.6 is 0 Å². The topological polar surface area (TPSA) is 71.8 Å². The fraction of sp³-hybridized carbons (Fsp3) is 0.407. The molecule has 0 unspecified atom stereocenters. The Hall–Kier alpha value is -3.12. The van der Waals surface area contributed by atoms with Crippen molar-refractivity contribution in [2.75, 3.05) is 19.7 Å². The van der Waals surface area contributed by atoms with E-state index < -0.39 is 0 Å². The Morgan fingerprint density at radius 3 is 2.67 bits per heavy atom. The minimum absolute atomic E-state index is 0.0450. The van der Waals surface area contributed by atoms with Crippen molar-refractivity contribution in [3.8, 4) is 5.75 Å². The highest BCUT2D eigenvalue weighted by atomic mass is 16.5. The second-order valence-corrected chi connectivity index (χ2v) is 9.23. The minimum atomic E-state index is -0.247. The molecule has 1 fully saturated rings. The first-order valence-electron chi connectivity index (χ1n) is 11.8. The van der Waals surface area contributed by atoms with Gasteiger partial charge in [0.15, 0.2) is 6.61 Å². The van der Waals surface area contributed by atoms with Crippen molar-refractivity contribution in [1.82, 2.24) is 10.2 Å². The molecule has 0 bridgehead atoms. The molecule has 1 amide bonds. The smallest absolute Gasteiger partial charge is 0.339 e. The van der Waals surface area contributed by atoms with Crippen LogP contribution < -0.4 is 15.7 Å². The fourth-order valence-electron chi connectivity index (χ4n) is 5.11. The van der Waals surface area contributed by atoms with Gasteiger partial charge in [0.05, 0.1) is 5.39 Å². The molecule has 6 nitrogen and oxygen atoms in total. The van der Waals surface area contributed by atoms with Crippen LogP contribution in [0.1, 0.15) is 41.5 Å². The molecule has 172 valence electrons. The highest BCUT2D eigenvalue weighted by molar-refractivity contribution is 5.89. The number of hydrogen-bond donors (Lipinski definition) is 1. The van der Waals surface area contributed by atoms with Gasteiger partial charge in [0.2, 0.25) is 0 Å². The summed E-state index contributed by atoms with van der Waals surface area (Å²) in [5, 5.41) is 3.98. The van der Waals surface area contributed by atoms with E-state index in [1.165, 1.54) is 5.56 Å². The Morgan fingerprint density at radius 2 is 1.88 bits per heavy atom. The Labute approximate surface area is 193 Å². The van der Waals surface area contributed by atoms with Crippen molar-refractivity contribution < 1.29 is 13.9 Å². The molecule has 5 rings (SSSR count). The lowest BCUT2D eigenvalue weighted by atomic mass is 10.0. The van der Waals surface area contributed by atoms with Crippen molar-refractivity contribution in [3.05, 3.63) is 75.1 Å². The van der Waals surface area contributed by atoms with E-state index >= 15 is 0 Å². The third-order valence-corrected chi connectivity index (χ3v) is 6.74. The quantitative estimate of drug-likeness (QED) is 0.584. The third kappa shape index (κ3) is 4.81. The van der Waals surface area contributed by atoms with Crippen LogP contribution in [0.25, 0.3) is 11.0 Å². The van der Waals surface area contributed by atoms with E-state index in [0.717, 1.165) is 73.8 Å². The number of fused-ring (bicyclic) bond motifs is 3. The molecule has 2 aromatic carbocycles. The van der Waals surface area contributed by atoms with E-state index in [1.807, 2.05) is 25.1 Å². The van der Waals surface area contributed by atoms with Gasteiger partial charge in [-0.05, 0) is 67.9 Å². The van der Waals surface area contributed by atoms with Crippen LogP contribution in [0, 0.1) is 6.92 Å². The van der Waals surface area contributed by atoms with Gasteiger partial charge in [-0.25, -0.2) is 4.79 Å². The highest BCUT2D eigenvalue weighted by Crippen LogP contribution is 2.35. The van der Waals surface area contributed by atoms with Gasteiger partial charge in [-0.15, -0.1) is 0 Å². The number of nitrogens with one attached hydrogen (secondary N) is 1. The van der Waals surface area contributed by atoms with E-state index in [-0.39, 0.29) is 24.2 Å². The Balaban J connectivity index is 1.19. The van der Waals surface area contributed by atoms with Gasteiger partial charge < -0.3 is 14.5 Å². The third-order valence-electron chi connectivity index (χ3n) is 6.74. The van der Waals surface area contributed by atoms with Crippen molar-refractivity contribution in [1.29, 1.82) is 0 Å². The number of piperidine rings is 1. The van der Waals surface area contributed by atoms with E-state index in [4.69, 9.17) is 9.15 Å². The summed E-state index contributed by atoms with van der Waals surface area (Å²) in [7, 11) is 0. The van der Waals surface area contributed by atoms with Crippen LogP contribution in [0.4, 0.5) is 0 Å². The lowest BCUT2D eigenvalue weighted by Crippen LogP contribution is -2.45. The molecule has 1 aliphatic carbocycles. The average molecular weight is 447 g/mol. The summed E-state index contributed by atoms with van der Waals surface area (Å²) in [6, 6.07) is 14.5. The molecule has 1 N–H and O–H groups in total. The summed E-state index contributed by atoms with van der Waals surface area (Å²) < 4.78 is 11.6. The maximum absolute atomic E-state index is 12.6. The lowest BCUT2D eigenvalue weighted by molar-refractivity contribution is -0.124. The van der Waals surface area contributed by atoms with Gasteiger partial charge in [0, 0.05) is 31.2 Å². The zero-order valence-corrected chi connectivity index (χ0v) is 19.1. The number of rotatable bonds is 6. The minimum Gasteiger partial charge on any atom is -0.483 e. The number of likely N-dealkylation sites (tertiary alicyclic amines) is 1. The van der Waals surface area contributed by atoms with Gasteiger partial charge in [0.25, 0.3) is 5.91 Å². The van der Waals surface area contributed by atoms with Gasteiger partial charge in [-0.3, -0.25) is 9.69 Å². The number of ether oxygens (including phenoxy) is 1. The molecule has 0 radical (unpaired) electrons. The molecule has 2 heterocycles. The molecule has 1 saturated heterocycles. The van der Waals surface area contributed by atoms with E-state index in [9.17, 15) is 9.59 Å². The molecule has 0 spiro atoms. The summed E-state index contributed by atoms with van der Waals surface area (Å²) in [5.74, 6) is 0.514. The molecule has 6 heteroatoms. The number of hydrogen-bond acceptors (Lipinski definition) is 5.